The molecule has 1 atom stereocenters. The fourth-order valence-corrected chi connectivity index (χ4v) is 2.91. The van der Waals surface area contributed by atoms with Crippen LogP contribution in [-0.2, 0) is 4.79 Å². The summed E-state index contributed by atoms with van der Waals surface area (Å²) in [4.78, 5) is 31.9. The number of urea groups is 1. The first kappa shape index (κ1) is 16.9. The molecule has 0 saturated carbocycles. The smallest absolute Gasteiger partial charge is 0.319 e. The van der Waals surface area contributed by atoms with Crippen LogP contribution in [0, 0.1) is 5.92 Å². The summed E-state index contributed by atoms with van der Waals surface area (Å²) in [7, 11) is 3.44. The molecule has 0 spiro atoms. The number of hydrogen-bond donors (Lipinski definition) is 1. The number of pyridine rings is 1. The maximum absolute atomic E-state index is 12.5. The molecule has 0 radical (unpaired) electrons. The van der Waals surface area contributed by atoms with E-state index in [0.29, 0.717) is 18.9 Å². The Morgan fingerprint density at radius 3 is 2.72 bits per heavy atom. The average molecular weight is 342 g/mol. The van der Waals surface area contributed by atoms with Gasteiger partial charge >= 0.3 is 6.03 Å². The van der Waals surface area contributed by atoms with Gasteiger partial charge in [0.25, 0.3) is 0 Å². The van der Waals surface area contributed by atoms with Crippen molar-refractivity contribution < 1.29 is 9.59 Å². The zero-order chi connectivity index (χ0) is 17.8. The predicted octanol–water partition coefficient (Wildman–Crippen LogP) is 1.60. The minimum Gasteiger partial charge on any atom is -0.331 e. The van der Waals surface area contributed by atoms with Gasteiger partial charge in [0.1, 0.15) is 0 Å². The second-order valence-electron chi connectivity index (χ2n) is 6.30. The number of amides is 3. The van der Waals surface area contributed by atoms with Crippen LogP contribution < -0.4 is 5.32 Å². The van der Waals surface area contributed by atoms with E-state index in [1.54, 1.807) is 48.3 Å². The lowest BCUT2D eigenvalue weighted by Gasteiger charge is -2.33. The van der Waals surface area contributed by atoms with E-state index in [9.17, 15) is 9.59 Å². The fraction of sp³-hybridized carbons (Fsp3) is 0.412. The van der Waals surface area contributed by atoms with Crippen LogP contribution in [0.15, 0.2) is 36.8 Å². The van der Waals surface area contributed by atoms with Crippen molar-refractivity contribution in [2.24, 2.45) is 5.92 Å². The van der Waals surface area contributed by atoms with Crippen LogP contribution in [0.2, 0.25) is 0 Å². The Morgan fingerprint density at radius 1 is 1.24 bits per heavy atom. The summed E-state index contributed by atoms with van der Waals surface area (Å²) < 4.78 is 1.68. The molecular weight excluding hydrogens is 320 g/mol. The molecule has 8 nitrogen and oxygen atoms in total. The van der Waals surface area contributed by atoms with Crippen molar-refractivity contribution in [1.29, 1.82) is 0 Å². The molecule has 1 aliphatic heterocycles. The lowest BCUT2D eigenvalue weighted by atomic mass is 9.97. The minimum atomic E-state index is -0.219. The van der Waals surface area contributed by atoms with Crippen LogP contribution in [0.3, 0.4) is 0 Å². The van der Waals surface area contributed by atoms with Gasteiger partial charge in [0.05, 0.1) is 11.6 Å². The van der Waals surface area contributed by atoms with Crippen molar-refractivity contribution in [1.82, 2.24) is 24.6 Å². The molecule has 2 aromatic heterocycles. The summed E-state index contributed by atoms with van der Waals surface area (Å²) >= 11 is 0. The third-order valence-electron chi connectivity index (χ3n) is 4.21. The molecule has 0 bridgehead atoms. The van der Waals surface area contributed by atoms with E-state index in [1.165, 1.54) is 4.90 Å². The van der Waals surface area contributed by atoms with E-state index in [0.717, 1.165) is 18.5 Å². The number of hydrogen-bond acceptors (Lipinski definition) is 4. The van der Waals surface area contributed by atoms with Crippen molar-refractivity contribution in [3.63, 3.8) is 0 Å². The maximum Gasteiger partial charge on any atom is 0.319 e. The van der Waals surface area contributed by atoms with Gasteiger partial charge in [-0.05, 0) is 25.0 Å². The van der Waals surface area contributed by atoms with E-state index >= 15 is 0 Å². The van der Waals surface area contributed by atoms with Crippen LogP contribution in [0.4, 0.5) is 10.6 Å². The maximum atomic E-state index is 12.5. The molecule has 0 aromatic carbocycles. The summed E-state index contributed by atoms with van der Waals surface area (Å²) in [5.41, 5.74) is 0.871. The van der Waals surface area contributed by atoms with Gasteiger partial charge in [-0.1, -0.05) is 0 Å². The Labute approximate surface area is 146 Å². The first-order valence-corrected chi connectivity index (χ1v) is 8.28. The van der Waals surface area contributed by atoms with Crippen molar-refractivity contribution >= 4 is 17.8 Å². The first-order chi connectivity index (χ1) is 12.0. The van der Waals surface area contributed by atoms with Crippen molar-refractivity contribution in [2.75, 3.05) is 32.5 Å². The summed E-state index contributed by atoms with van der Waals surface area (Å²) in [5, 5.41) is 7.22. The van der Waals surface area contributed by atoms with Gasteiger partial charge in [-0.15, -0.1) is 0 Å². The van der Waals surface area contributed by atoms with Gasteiger partial charge in [0.15, 0.2) is 5.82 Å². The number of piperidine rings is 1. The normalized spacial score (nSPS) is 17.2. The zero-order valence-electron chi connectivity index (χ0n) is 14.4. The largest absolute Gasteiger partial charge is 0.331 e. The SMILES string of the molecule is CN(C)C(=O)N1CCCC(C(=O)Nc2ccn(-c3ccncc3)n2)C1. The van der Waals surface area contributed by atoms with E-state index < -0.39 is 0 Å². The Kier molecular flexibility index (Phi) is 4.97. The van der Waals surface area contributed by atoms with E-state index in [2.05, 4.69) is 15.4 Å². The summed E-state index contributed by atoms with van der Waals surface area (Å²) in [6, 6.07) is 5.37. The van der Waals surface area contributed by atoms with Crippen LogP contribution in [0.1, 0.15) is 12.8 Å². The molecule has 1 fully saturated rings. The third kappa shape index (κ3) is 3.96. The molecule has 3 heterocycles. The molecule has 132 valence electrons. The lowest BCUT2D eigenvalue weighted by molar-refractivity contribution is -0.121. The molecule has 1 saturated heterocycles. The van der Waals surface area contributed by atoms with Gasteiger partial charge in [0, 0.05) is 51.8 Å². The van der Waals surface area contributed by atoms with Crippen LogP contribution in [0.5, 0.6) is 0 Å². The fourth-order valence-electron chi connectivity index (χ4n) is 2.91. The van der Waals surface area contributed by atoms with E-state index in [4.69, 9.17) is 0 Å². The molecular formula is C17H22N6O2. The average Bonchev–Trinajstić information content (AvgIpc) is 3.10. The van der Waals surface area contributed by atoms with Crippen molar-refractivity contribution in [3.8, 4) is 5.69 Å². The second-order valence-corrected chi connectivity index (χ2v) is 6.30. The summed E-state index contributed by atoms with van der Waals surface area (Å²) in [6.07, 6.45) is 6.76. The van der Waals surface area contributed by atoms with Crippen LogP contribution in [0.25, 0.3) is 5.69 Å². The summed E-state index contributed by atoms with van der Waals surface area (Å²) in [6.45, 7) is 1.13. The number of rotatable bonds is 3. The van der Waals surface area contributed by atoms with Gasteiger partial charge in [-0.3, -0.25) is 9.78 Å². The molecule has 0 aliphatic carbocycles. The second kappa shape index (κ2) is 7.33. The van der Waals surface area contributed by atoms with Crippen LogP contribution in [-0.4, -0.2) is 63.7 Å². The monoisotopic (exact) mass is 342 g/mol. The van der Waals surface area contributed by atoms with E-state index in [-0.39, 0.29) is 17.9 Å². The van der Waals surface area contributed by atoms with Gasteiger partial charge in [0.2, 0.25) is 5.91 Å². The first-order valence-electron chi connectivity index (χ1n) is 8.28. The molecule has 25 heavy (non-hydrogen) atoms. The van der Waals surface area contributed by atoms with Gasteiger partial charge < -0.3 is 15.1 Å². The zero-order valence-corrected chi connectivity index (χ0v) is 14.4. The number of carbonyl (C=O) groups excluding carboxylic acids is 2. The number of aromatic nitrogens is 3. The number of likely N-dealkylation sites (tertiary alicyclic amines) is 1. The topological polar surface area (TPSA) is 83.4 Å². The quantitative estimate of drug-likeness (QED) is 0.918. The highest BCUT2D eigenvalue weighted by atomic mass is 16.2. The Morgan fingerprint density at radius 2 is 2.00 bits per heavy atom. The number of nitrogens with zero attached hydrogens (tertiary/aromatic N) is 5. The van der Waals surface area contributed by atoms with Gasteiger partial charge in [-0.2, -0.15) is 5.10 Å². The van der Waals surface area contributed by atoms with E-state index in [1.807, 2.05) is 12.1 Å². The predicted molar refractivity (Wildman–Crippen MR) is 93.4 cm³/mol. The van der Waals surface area contributed by atoms with Crippen LogP contribution >= 0.6 is 0 Å². The Hall–Kier alpha value is -2.90. The Balaban J connectivity index is 1.62. The lowest BCUT2D eigenvalue weighted by Crippen LogP contribution is -2.47. The van der Waals surface area contributed by atoms with Crippen molar-refractivity contribution in [2.45, 2.75) is 12.8 Å². The Bertz CT molecular complexity index is 743. The standard InChI is InChI=1S/C17H22N6O2/c1-21(2)17(25)22-10-3-4-13(12-22)16(24)19-15-7-11-23(20-15)14-5-8-18-9-6-14/h5-9,11,13H,3-4,10,12H2,1-2H3,(H,19,20,24). The molecule has 1 N–H and O–H groups in total. The molecule has 3 amide bonds. The number of carbonyl (C=O) groups is 2. The third-order valence-corrected chi connectivity index (χ3v) is 4.21. The van der Waals surface area contributed by atoms with Gasteiger partial charge in [-0.25, -0.2) is 9.48 Å². The molecule has 1 aliphatic rings. The highest BCUT2D eigenvalue weighted by Crippen LogP contribution is 2.19. The highest BCUT2D eigenvalue weighted by molar-refractivity contribution is 5.92. The number of anilines is 1. The molecule has 8 heteroatoms. The molecule has 2 aromatic rings. The summed E-state index contributed by atoms with van der Waals surface area (Å²) in [5.74, 6) is 0.179. The van der Waals surface area contributed by atoms with Crippen molar-refractivity contribution in [3.05, 3.63) is 36.8 Å². The molecule has 1 unspecified atom stereocenters. The number of nitrogens with one attached hydrogen (secondary N) is 1. The minimum absolute atomic E-state index is 0.0561. The molecule has 3 rings (SSSR count). The highest BCUT2D eigenvalue weighted by Gasteiger charge is 2.29.